The zero-order valence-electron chi connectivity index (χ0n) is 9.57. The molecule has 0 saturated heterocycles. The maximum Gasteiger partial charge on any atom is 0.248 e. The van der Waals surface area contributed by atoms with Crippen molar-refractivity contribution in [2.24, 2.45) is 11.7 Å². The predicted molar refractivity (Wildman–Crippen MR) is 65.4 cm³/mol. The van der Waals surface area contributed by atoms with Gasteiger partial charge in [0.1, 0.15) is 0 Å². The molecule has 1 amide bonds. The van der Waals surface area contributed by atoms with E-state index in [2.05, 4.69) is 12.2 Å². The molecule has 0 heterocycles. The highest BCUT2D eigenvalue weighted by atomic mass is 16.1. The molecule has 2 atom stereocenters. The van der Waals surface area contributed by atoms with Crippen molar-refractivity contribution >= 4 is 11.6 Å². The average Bonchev–Trinajstić information content (AvgIpc) is 2.65. The Bertz CT molecular complexity index is 372. The molecule has 0 radical (unpaired) electrons. The summed E-state index contributed by atoms with van der Waals surface area (Å²) in [7, 11) is 0. The Labute approximate surface area is 96.0 Å². The van der Waals surface area contributed by atoms with Gasteiger partial charge >= 0.3 is 0 Å². The minimum atomic E-state index is -0.374. The molecule has 0 spiro atoms. The summed E-state index contributed by atoms with van der Waals surface area (Å²) in [4.78, 5) is 10.9. The van der Waals surface area contributed by atoms with Crippen LogP contribution >= 0.6 is 0 Å². The molecule has 1 aromatic carbocycles. The number of nitrogens with one attached hydrogen (secondary N) is 1. The average molecular weight is 218 g/mol. The van der Waals surface area contributed by atoms with Gasteiger partial charge in [-0.2, -0.15) is 0 Å². The standard InChI is InChI=1S/C13H18N2O/c1-9-3-2-4-12(9)15-11-7-5-10(6-8-11)13(14)16/h5-9,12,15H,2-4H2,1H3,(H2,14,16). The summed E-state index contributed by atoms with van der Waals surface area (Å²) in [6.07, 6.45) is 3.84. The Hall–Kier alpha value is -1.51. The van der Waals surface area contributed by atoms with Crippen molar-refractivity contribution < 1.29 is 4.79 Å². The molecular weight excluding hydrogens is 200 g/mol. The third-order valence-electron chi connectivity index (χ3n) is 3.38. The number of benzene rings is 1. The van der Waals surface area contributed by atoms with Gasteiger partial charge < -0.3 is 11.1 Å². The van der Waals surface area contributed by atoms with Crippen LogP contribution in [0.2, 0.25) is 0 Å². The summed E-state index contributed by atoms with van der Waals surface area (Å²) in [5.74, 6) is 0.358. The fraction of sp³-hybridized carbons (Fsp3) is 0.462. The zero-order chi connectivity index (χ0) is 11.5. The van der Waals surface area contributed by atoms with Crippen LogP contribution in [0, 0.1) is 5.92 Å². The number of amides is 1. The van der Waals surface area contributed by atoms with Gasteiger partial charge in [0, 0.05) is 17.3 Å². The smallest absolute Gasteiger partial charge is 0.248 e. The molecular formula is C13H18N2O. The first kappa shape index (κ1) is 11.0. The summed E-state index contributed by atoms with van der Waals surface area (Å²) in [6, 6.07) is 7.95. The van der Waals surface area contributed by atoms with E-state index in [1.54, 1.807) is 12.1 Å². The quantitative estimate of drug-likeness (QED) is 0.818. The molecule has 1 aliphatic carbocycles. The topological polar surface area (TPSA) is 55.1 Å². The molecule has 3 heteroatoms. The number of primary amides is 1. The lowest BCUT2D eigenvalue weighted by molar-refractivity contribution is 0.100. The summed E-state index contributed by atoms with van der Waals surface area (Å²) in [6.45, 7) is 2.28. The molecule has 0 aromatic heterocycles. The van der Waals surface area contributed by atoms with E-state index in [9.17, 15) is 4.79 Å². The monoisotopic (exact) mass is 218 g/mol. The van der Waals surface area contributed by atoms with Crippen LogP contribution in [-0.2, 0) is 0 Å². The Morgan fingerprint density at radius 3 is 2.50 bits per heavy atom. The van der Waals surface area contributed by atoms with E-state index in [0.29, 0.717) is 11.6 Å². The molecule has 3 N–H and O–H groups in total. The number of anilines is 1. The second-order valence-electron chi connectivity index (χ2n) is 4.60. The lowest BCUT2D eigenvalue weighted by atomic mass is 10.1. The van der Waals surface area contributed by atoms with Crippen LogP contribution in [-0.4, -0.2) is 11.9 Å². The Balaban J connectivity index is 2.02. The van der Waals surface area contributed by atoms with Gasteiger partial charge in [-0.3, -0.25) is 4.79 Å². The number of carbonyl (C=O) groups excluding carboxylic acids is 1. The molecule has 3 nitrogen and oxygen atoms in total. The molecule has 2 rings (SSSR count). The van der Waals surface area contributed by atoms with Crippen LogP contribution in [0.15, 0.2) is 24.3 Å². The van der Waals surface area contributed by atoms with Crippen LogP contribution in [0.3, 0.4) is 0 Å². The molecule has 0 aliphatic heterocycles. The predicted octanol–water partition coefficient (Wildman–Crippen LogP) is 2.39. The molecule has 1 aliphatic rings. The first-order valence-corrected chi connectivity index (χ1v) is 5.83. The van der Waals surface area contributed by atoms with Crippen molar-refractivity contribution in [3.05, 3.63) is 29.8 Å². The van der Waals surface area contributed by atoms with E-state index in [0.717, 1.165) is 11.6 Å². The van der Waals surface area contributed by atoms with Gasteiger partial charge in [0.15, 0.2) is 0 Å². The minimum absolute atomic E-state index is 0.374. The van der Waals surface area contributed by atoms with E-state index in [-0.39, 0.29) is 5.91 Å². The number of rotatable bonds is 3. The first-order valence-electron chi connectivity index (χ1n) is 5.83. The van der Waals surface area contributed by atoms with E-state index < -0.39 is 0 Å². The minimum Gasteiger partial charge on any atom is -0.382 e. The first-order chi connectivity index (χ1) is 7.66. The Kier molecular flexibility index (Phi) is 3.13. The van der Waals surface area contributed by atoms with Gasteiger partial charge in [0.25, 0.3) is 0 Å². The van der Waals surface area contributed by atoms with Gasteiger partial charge in [-0.25, -0.2) is 0 Å². The van der Waals surface area contributed by atoms with Gasteiger partial charge in [-0.05, 0) is 43.0 Å². The Morgan fingerprint density at radius 2 is 2.00 bits per heavy atom. The largest absolute Gasteiger partial charge is 0.382 e. The Morgan fingerprint density at radius 1 is 1.31 bits per heavy atom. The lowest BCUT2D eigenvalue weighted by Gasteiger charge is -2.18. The maximum atomic E-state index is 10.9. The van der Waals surface area contributed by atoms with Crippen LogP contribution < -0.4 is 11.1 Å². The van der Waals surface area contributed by atoms with E-state index >= 15 is 0 Å². The molecule has 1 aromatic rings. The summed E-state index contributed by atoms with van der Waals surface area (Å²) in [5.41, 5.74) is 6.82. The number of hydrogen-bond donors (Lipinski definition) is 2. The van der Waals surface area contributed by atoms with Crippen molar-refractivity contribution in [3.8, 4) is 0 Å². The third-order valence-corrected chi connectivity index (χ3v) is 3.38. The van der Waals surface area contributed by atoms with Crippen molar-refractivity contribution in [2.75, 3.05) is 5.32 Å². The normalized spacial score (nSPS) is 24.3. The number of carbonyl (C=O) groups is 1. The molecule has 2 unspecified atom stereocenters. The molecule has 0 bridgehead atoms. The molecule has 1 saturated carbocycles. The van der Waals surface area contributed by atoms with E-state index in [4.69, 9.17) is 5.73 Å². The lowest BCUT2D eigenvalue weighted by Crippen LogP contribution is -2.21. The highest BCUT2D eigenvalue weighted by Gasteiger charge is 2.22. The highest BCUT2D eigenvalue weighted by molar-refractivity contribution is 5.93. The second-order valence-corrected chi connectivity index (χ2v) is 4.60. The van der Waals surface area contributed by atoms with Crippen LogP contribution in [0.25, 0.3) is 0 Å². The van der Waals surface area contributed by atoms with Crippen molar-refractivity contribution in [2.45, 2.75) is 32.2 Å². The summed E-state index contributed by atoms with van der Waals surface area (Å²) in [5, 5.41) is 3.50. The molecule has 16 heavy (non-hydrogen) atoms. The molecule has 1 fully saturated rings. The SMILES string of the molecule is CC1CCCC1Nc1ccc(C(N)=O)cc1. The maximum absolute atomic E-state index is 10.9. The second kappa shape index (κ2) is 4.56. The fourth-order valence-electron chi connectivity index (χ4n) is 2.30. The van der Waals surface area contributed by atoms with Crippen molar-refractivity contribution in [3.63, 3.8) is 0 Å². The van der Waals surface area contributed by atoms with Crippen molar-refractivity contribution in [1.29, 1.82) is 0 Å². The highest BCUT2D eigenvalue weighted by Crippen LogP contribution is 2.27. The van der Waals surface area contributed by atoms with Gasteiger partial charge in [-0.15, -0.1) is 0 Å². The van der Waals surface area contributed by atoms with Gasteiger partial charge in [0.2, 0.25) is 5.91 Å². The van der Waals surface area contributed by atoms with Crippen LogP contribution in [0.1, 0.15) is 36.5 Å². The summed E-state index contributed by atoms with van der Waals surface area (Å²) < 4.78 is 0. The number of nitrogens with two attached hydrogens (primary N) is 1. The number of hydrogen-bond acceptors (Lipinski definition) is 2. The molecule has 86 valence electrons. The zero-order valence-corrected chi connectivity index (χ0v) is 9.57. The fourth-order valence-corrected chi connectivity index (χ4v) is 2.30. The van der Waals surface area contributed by atoms with Crippen molar-refractivity contribution in [1.82, 2.24) is 0 Å². The summed E-state index contributed by atoms with van der Waals surface area (Å²) >= 11 is 0. The third kappa shape index (κ3) is 2.35. The van der Waals surface area contributed by atoms with E-state index in [1.165, 1.54) is 19.3 Å². The van der Waals surface area contributed by atoms with Gasteiger partial charge in [-0.1, -0.05) is 13.3 Å². The van der Waals surface area contributed by atoms with Crippen LogP contribution in [0.5, 0.6) is 0 Å². The van der Waals surface area contributed by atoms with Gasteiger partial charge in [0.05, 0.1) is 0 Å². The van der Waals surface area contributed by atoms with Crippen LogP contribution in [0.4, 0.5) is 5.69 Å². The van der Waals surface area contributed by atoms with E-state index in [1.807, 2.05) is 12.1 Å².